The Kier molecular flexibility index (Phi) is 4.28. The number of sulfone groups is 1. The fraction of sp³-hybridized carbons (Fsp3) is 0.417. The van der Waals surface area contributed by atoms with Crippen molar-refractivity contribution in [1.29, 1.82) is 5.41 Å². The Labute approximate surface area is 103 Å². The molecule has 5 heteroatoms. The summed E-state index contributed by atoms with van der Waals surface area (Å²) in [5.74, 6) is 0. The Hall–Kier alpha value is -1.36. The maximum atomic E-state index is 11.3. The highest BCUT2D eigenvalue weighted by atomic mass is 32.2. The van der Waals surface area contributed by atoms with Gasteiger partial charge in [-0.1, -0.05) is 0 Å². The van der Waals surface area contributed by atoms with Crippen molar-refractivity contribution in [2.24, 2.45) is 0 Å². The van der Waals surface area contributed by atoms with E-state index in [4.69, 9.17) is 5.41 Å². The van der Waals surface area contributed by atoms with Crippen LogP contribution in [-0.4, -0.2) is 34.0 Å². The van der Waals surface area contributed by atoms with Crippen LogP contribution in [0.4, 0.5) is 5.69 Å². The molecule has 17 heavy (non-hydrogen) atoms. The molecule has 1 aromatic carbocycles. The number of nitrogens with zero attached hydrogens (tertiary/aromatic N) is 1. The lowest BCUT2D eigenvalue weighted by atomic mass is 10.2. The van der Waals surface area contributed by atoms with Gasteiger partial charge >= 0.3 is 0 Å². The summed E-state index contributed by atoms with van der Waals surface area (Å²) in [6, 6.07) is 7.01. The molecule has 0 aliphatic carbocycles. The second-order valence-electron chi connectivity index (χ2n) is 4.17. The molecule has 4 nitrogen and oxygen atoms in total. The summed E-state index contributed by atoms with van der Waals surface area (Å²) in [5, 5.41) is 7.07. The van der Waals surface area contributed by atoms with Crippen molar-refractivity contribution >= 4 is 21.7 Å². The average molecular weight is 254 g/mol. The van der Waals surface area contributed by atoms with E-state index in [9.17, 15) is 8.42 Å². The number of anilines is 1. The summed E-state index contributed by atoms with van der Waals surface area (Å²) < 4.78 is 22.6. The Morgan fingerprint density at radius 3 is 2.29 bits per heavy atom. The van der Waals surface area contributed by atoms with Crippen LogP contribution in [0.2, 0.25) is 0 Å². The topological polar surface area (TPSA) is 61.2 Å². The van der Waals surface area contributed by atoms with E-state index in [1.54, 1.807) is 24.3 Å². The zero-order valence-electron chi connectivity index (χ0n) is 10.3. The number of benzene rings is 1. The molecule has 0 amide bonds. The smallest absolute Gasteiger partial charge is 0.175 e. The van der Waals surface area contributed by atoms with Crippen molar-refractivity contribution in [3.8, 4) is 0 Å². The molecule has 0 fully saturated rings. The minimum Gasteiger partial charge on any atom is -0.372 e. The van der Waals surface area contributed by atoms with Gasteiger partial charge in [-0.2, -0.15) is 0 Å². The first-order chi connectivity index (χ1) is 7.86. The highest BCUT2D eigenvalue weighted by Gasteiger charge is 2.11. The van der Waals surface area contributed by atoms with Crippen LogP contribution in [0.3, 0.4) is 0 Å². The molecule has 0 bridgehead atoms. The van der Waals surface area contributed by atoms with Gasteiger partial charge in [0.15, 0.2) is 9.84 Å². The van der Waals surface area contributed by atoms with Gasteiger partial charge in [0.25, 0.3) is 0 Å². The van der Waals surface area contributed by atoms with Crippen LogP contribution in [0.5, 0.6) is 0 Å². The van der Waals surface area contributed by atoms with Crippen LogP contribution in [0.25, 0.3) is 0 Å². The van der Waals surface area contributed by atoms with Crippen molar-refractivity contribution in [2.45, 2.75) is 24.3 Å². The number of rotatable bonds is 5. The predicted molar refractivity (Wildman–Crippen MR) is 70.8 cm³/mol. The molecule has 1 rings (SSSR count). The van der Waals surface area contributed by atoms with Crippen molar-refractivity contribution in [3.05, 3.63) is 24.3 Å². The minimum atomic E-state index is -3.13. The van der Waals surface area contributed by atoms with Gasteiger partial charge in [-0.05, 0) is 37.4 Å². The zero-order valence-corrected chi connectivity index (χ0v) is 11.2. The molecule has 0 heterocycles. The van der Waals surface area contributed by atoms with E-state index in [0.717, 1.165) is 5.69 Å². The fourth-order valence-corrected chi connectivity index (χ4v) is 2.14. The van der Waals surface area contributed by atoms with Crippen molar-refractivity contribution in [2.75, 3.05) is 18.2 Å². The minimum absolute atomic E-state index is 0.219. The molecule has 94 valence electrons. The van der Waals surface area contributed by atoms with Crippen molar-refractivity contribution in [3.63, 3.8) is 0 Å². The Morgan fingerprint density at radius 1 is 1.35 bits per heavy atom. The first-order valence-corrected chi connectivity index (χ1v) is 7.27. The number of nitrogens with one attached hydrogen (secondary N) is 1. The maximum Gasteiger partial charge on any atom is 0.175 e. The monoisotopic (exact) mass is 254 g/mol. The van der Waals surface area contributed by atoms with Crippen LogP contribution in [0.1, 0.15) is 13.3 Å². The highest BCUT2D eigenvalue weighted by molar-refractivity contribution is 7.90. The third kappa shape index (κ3) is 3.56. The quantitative estimate of drug-likeness (QED) is 0.817. The number of hydrogen-bond donors (Lipinski definition) is 1. The first kappa shape index (κ1) is 13.7. The van der Waals surface area contributed by atoms with Crippen LogP contribution in [0, 0.1) is 5.41 Å². The third-order valence-electron chi connectivity index (χ3n) is 2.79. The first-order valence-electron chi connectivity index (χ1n) is 5.38. The van der Waals surface area contributed by atoms with Gasteiger partial charge in [-0.15, -0.1) is 0 Å². The standard InChI is InChI=1S/C12H18N2O2S/c1-10(8-9-13)14(2)11-4-6-12(7-5-11)17(3,15)16/h4-7,9-10,13H,8H2,1-3H3/t10-/m1/s1. The van der Waals surface area contributed by atoms with Gasteiger partial charge in [-0.25, -0.2) is 8.42 Å². The molecule has 0 aliphatic rings. The summed E-state index contributed by atoms with van der Waals surface area (Å²) in [7, 11) is -1.20. The lowest BCUT2D eigenvalue weighted by molar-refractivity contribution is 0.602. The van der Waals surface area contributed by atoms with E-state index < -0.39 is 9.84 Å². The third-order valence-corrected chi connectivity index (χ3v) is 3.92. The zero-order chi connectivity index (χ0) is 13.1. The molecule has 0 aromatic heterocycles. The summed E-state index contributed by atoms with van der Waals surface area (Å²) in [6.45, 7) is 2.02. The molecule has 1 aromatic rings. The van der Waals surface area contributed by atoms with E-state index in [1.807, 2.05) is 18.9 Å². The van der Waals surface area contributed by atoms with Crippen LogP contribution in [-0.2, 0) is 9.84 Å². The molecule has 1 N–H and O–H groups in total. The van der Waals surface area contributed by atoms with E-state index in [-0.39, 0.29) is 6.04 Å². The Morgan fingerprint density at radius 2 is 1.88 bits per heavy atom. The summed E-state index contributed by atoms with van der Waals surface area (Å²) in [5.41, 5.74) is 0.951. The van der Waals surface area contributed by atoms with Crippen LogP contribution >= 0.6 is 0 Å². The van der Waals surface area contributed by atoms with Gasteiger partial charge in [-0.3, -0.25) is 0 Å². The molecule has 0 radical (unpaired) electrons. The lowest BCUT2D eigenvalue weighted by Gasteiger charge is -2.26. The number of hydrogen-bond acceptors (Lipinski definition) is 4. The maximum absolute atomic E-state index is 11.3. The van der Waals surface area contributed by atoms with Gasteiger partial charge < -0.3 is 10.3 Å². The van der Waals surface area contributed by atoms with Gasteiger partial charge in [0.05, 0.1) is 4.90 Å². The van der Waals surface area contributed by atoms with Gasteiger partial charge in [0.2, 0.25) is 0 Å². The molecule has 0 saturated carbocycles. The van der Waals surface area contributed by atoms with E-state index in [0.29, 0.717) is 11.3 Å². The van der Waals surface area contributed by atoms with Gasteiger partial charge in [0.1, 0.15) is 0 Å². The second kappa shape index (κ2) is 5.31. The van der Waals surface area contributed by atoms with Crippen LogP contribution in [0.15, 0.2) is 29.2 Å². The highest BCUT2D eigenvalue weighted by Crippen LogP contribution is 2.19. The second-order valence-corrected chi connectivity index (χ2v) is 6.18. The van der Waals surface area contributed by atoms with Gasteiger partial charge in [0, 0.05) is 31.5 Å². The predicted octanol–water partition coefficient (Wildman–Crippen LogP) is 1.95. The Bertz CT molecular complexity index is 480. The normalized spacial score (nSPS) is 13.1. The van der Waals surface area contributed by atoms with Crippen molar-refractivity contribution < 1.29 is 8.42 Å². The average Bonchev–Trinajstić information content (AvgIpc) is 2.27. The van der Waals surface area contributed by atoms with Crippen LogP contribution < -0.4 is 4.90 Å². The summed E-state index contributed by atoms with van der Waals surface area (Å²) >= 11 is 0. The molecular formula is C12H18N2O2S. The van der Waals surface area contributed by atoms with E-state index in [1.165, 1.54) is 12.5 Å². The lowest BCUT2D eigenvalue weighted by Crippen LogP contribution is -2.28. The van der Waals surface area contributed by atoms with E-state index >= 15 is 0 Å². The molecule has 0 saturated heterocycles. The van der Waals surface area contributed by atoms with Crippen molar-refractivity contribution in [1.82, 2.24) is 0 Å². The molecule has 1 atom stereocenters. The Balaban J connectivity index is 2.91. The largest absolute Gasteiger partial charge is 0.372 e. The summed E-state index contributed by atoms with van der Waals surface area (Å²) in [6.07, 6.45) is 3.25. The summed E-state index contributed by atoms with van der Waals surface area (Å²) in [4.78, 5) is 2.35. The SMILES string of the molecule is C[C@H](CC=N)N(C)c1ccc(S(C)(=O)=O)cc1. The molecular weight excluding hydrogens is 236 g/mol. The molecule has 0 spiro atoms. The van der Waals surface area contributed by atoms with E-state index in [2.05, 4.69) is 0 Å². The molecule has 0 unspecified atom stereocenters. The molecule has 0 aliphatic heterocycles. The fourth-order valence-electron chi connectivity index (χ4n) is 1.51.